The lowest BCUT2D eigenvalue weighted by atomic mass is 9.97. The molecule has 0 radical (unpaired) electrons. The zero-order chi connectivity index (χ0) is 48.9. The average Bonchev–Trinajstić information content (AvgIpc) is 3.32. The fourth-order valence-electron chi connectivity index (χ4n) is 8.65. The number of unbranched alkanes of at least 4 members (excludes halogenated alkanes) is 24. The summed E-state index contributed by atoms with van der Waals surface area (Å²) in [5.74, 6) is -0.255. The summed E-state index contributed by atoms with van der Waals surface area (Å²) in [6.07, 6.45) is 28.9. The summed E-state index contributed by atoms with van der Waals surface area (Å²) in [5.41, 5.74) is 0. The van der Waals surface area contributed by atoms with Crippen LogP contribution in [0.4, 0.5) is 0 Å². The number of amides is 1. The van der Waals surface area contributed by atoms with Gasteiger partial charge in [0.05, 0.1) is 32.0 Å². The van der Waals surface area contributed by atoms with Crippen LogP contribution in [-0.4, -0.2) is 140 Å². The summed E-state index contributed by atoms with van der Waals surface area (Å²) in [5, 5.41) is 86.8. The molecule has 14 heteroatoms. The first-order valence-electron chi connectivity index (χ1n) is 26.7. The lowest BCUT2D eigenvalue weighted by Gasteiger charge is -2.46. The van der Waals surface area contributed by atoms with E-state index in [-0.39, 0.29) is 18.9 Å². The molecule has 67 heavy (non-hydrogen) atoms. The standard InChI is InChI=1S/C53H97NO13/c1-3-5-7-9-11-13-15-17-19-20-21-23-25-27-29-31-33-35-37-45(58)54-41(42(57)36-34-32-30-28-26-24-22-18-16-14-12-10-8-6-4-2)40-64-52-50(63)48(61)51(44(39-56)66-52)67-53-49(62)47(60)46(59)43(38-55)65-53/h19-20,26,28,34,36,41-44,46-53,55-57,59-63H,3-18,21-25,27,29-33,35,37-40H2,1-2H3,(H,54,58)/b20-19-,28-26+,36-34+. The third-order valence-electron chi connectivity index (χ3n) is 13.0. The van der Waals surface area contributed by atoms with Crippen molar-refractivity contribution in [3.8, 4) is 0 Å². The van der Waals surface area contributed by atoms with Gasteiger partial charge in [0, 0.05) is 6.42 Å². The van der Waals surface area contributed by atoms with Gasteiger partial charge in [-0.25, -0.2) is 0 Å². The van der Waals surface area contributed by atoms with E-state index >= 15 is 0 Å². The van der Waals surface area contributed by atoms with Crippen molar-refractivity contribution in [1.29, 1.82) is 0 Å². The van der Waals surface area contributed by atoms with E-state index in [1.807, 2.05) is 6.08 Å². The minimum absolute atomic E-state index is 0.255. The molecule has 2 saturated heterocycles. The molecule has 0 bridgehead atoms. The van der Waals surface area contributed by atoms with Crippen molar-refractivity contribution in [2.24, 2.45) is 0 Å². The molecule has 2 heterocycles. The van der Waals surface area contributed by atoms with Crippen molar-refractivity contribution in [3.63, 3.8) is 0 Å². The molecular formula is C53H97NO13. The predicted molar refractivity (Wildman–Crippen MR) is 263 cm³/mol. The molecular weight excluding hydrogens is 859 g/mol. The first-order valence-corrected chi connectivity index (χ1v) is 26.7. The Morgan fingerprint density at radius 2 is 0.955 bits per heavy atom. The van der Waals surface area contributed by atoms with E-state index in [1.54, 1.807) is 6.08 Å². The van der Waals surface area contributed by atoms with Crippen LogP contribution in [0.3, 0.4) is 0 Å². The van der Waals surface area contributed by atoms with Crippen LogP contribution in [0.5, 0.6) is 0 Å². The number of ether oxygens (including phenoxy) is 4. The number of allylic oxidation sites excluding steroid dienone is 5. The summed E-state index contributed by atoms with van der Waals surface area (Å²) >= 11 is 0. The second-order valence-electron chi connectivity index (χ2n) is 19.0. The van der Waals surface area contributed by atoms with E-state index in [4.69, 9.17) is 18.9 Å². The molecule has 2 rings (SSSR count). The summed E-state index contributed by atoms with van der Waals surface area (Å²) in [7, 11) is 0. The molecule has 12 unspecified atom stereocenters. The Hall–Kier alpha value is -1.79. The van der Waals surface area contributed by atoms with Crippen molar-refractivity contribution >= 4 is 5.91 Å². The Bertz CT molecular complexity index is 1270. The topological polar surface area (TPSA) is 228 Å². The van der Waals surface area contributed by atoms with Gasteiger partial charge in [-0.05, 0) is 57.8 Å². The van der Waals surface area contributed by atoms with Gasteiger partial charge in [0.1, 0.15) is 48.8 Å². The maximum absolute atomic E-state index is 13.2. The van der Waals surface area contributed by atoms with E-state index < -0.39 is 86.8 Å². The van der Waals surface area contributed by atoms with E-state index in [2.05, 4.69) is 43.5 Å². The van der Waals surface area contributed by atoms with E-state index in [0.29, 0.717) is 12.8 Å². The number of aliphatic hydroxyl groups is 8. The molecule has 392 valence electrons. The van der Waals surface area contributed by atoms with Gasteiger partial charge in [0.2, 0.25) is 5.91 Å². The number of carbonyl (C=O) groups is 1. The summed E-state index contributed by atoms with van der Waals surface area (Å²) in [4.78, 5) is 13.2. The monoisotopic (exact) mass is 956 g/mol. The normalized spacial score (nSPS) is 26.8. The second-order valence-corrected chi connectivity index (χ2v) is 19.0. The molecule has 2 fully saturated rings. The highest BCUT2D eigenvalue weighted by atomic mass is 16.7. The van der Waals surface area contributed by atoms with Crippen molar-refractivity contribution in [2.75, 3.05) is 19.8 Å². The Morgan fingerprint density at radius 3 is 1.46 bits per heavy atom. The van der Waals surface area contributed by atoms with Crippen molar-refractivity contribution < 1.29 is 64.6 Å². The zero-order valence-corrected chi connectivity index (χ0v) is 41.6. The lowest BCUT2D eigenvalue weighted by Crippen LogP contribution is -2.65. The third kappa shape index (κ3) is 26.8. The molecule has 0 saturated carbocycles. The molecule has 1 amide bonds. The fraction of sp³-hybridized carbons (Fsp3) is 0.868. The highest BCUT2D eigenvalue weighted by Crippen LogP contribution is 2.30. The Labute approximate surface area is 404 Å². The zero-order valence-electron chi connectivity index (χ0n) is 41.6. The van der Waals surface area contributed by atoms with Gasteiger partial charge in [-0.15, -0.1) is 0 Å². The quantitative estimate of drug-likeness (QED) is 0.0214. The van der Waals surface area contributed by atoms with Crippen LogP contribution >= 0.6 is 0 Å². The molecule has 9 N–H and O–H groups in total. The Morgan fingerprint density at radius 1 is 0.522 bits per heavy atom. The average molecular weight is 956 g/mol. The van der Waals surface area contributed by atoms with E-state index in [1.165, 1.54) is 128 Å². The van der Waals surface area contributed by atoms with Crippen LogP contribution in [-0.2, 0) is 23.7 Å². The van der Waals surface area contributed by atoms with Crippen molar-refractivity contribution in [1.82, 2.24) is 5.32 Å². The number of rotatable bonds is 41. The van der Waals surface area contributed by atoms with Crippen LogP contribution < -0.4 is 5.32 Å². The van der Waals surface area contributed by atoms with E-state index in [9.17, 15) is 45.6 Å². The van der Waals surface area contributed by atoms with Gasteiger partial charge in [-0.2, -0.15) is 0 Å². The Kier molecular flexibility index (Phi) is 36.5. The molecule has 2 aliphatic rings. The van der Waals surface area contributed by atoms with Gasteiger partial charge in [-0.1, -0.05) is 172 Å². The van der Waals surface area contributed by atoms with Crippen LogP contribution in [0.25, 0.3) is 0 Å². The van der Waals surface area contributed by atoms with Crippen molar-refractivity contribution in [3.05, 3.63) is 36.5 Å². The number of carbonyl (C=O) groups excluding carboxylic acids is 1. The molecule has 2 aliphatic heterocycles. The number of hydrogen-bond acceptors (Lipinski definition) is 13. The molecule has 0 aromatic rings. The second kappa shape index (κ2) is 39.9. The lowest BCUT2D eigenvalue weighted by molar-refractivity contribution is -0.359. The van der Waals surface area contributed by atoms with Gasteiger partial charge in [0.15, 0.2) is 12.6 Å². The molecule has 0 aliphatic carbocycles. The molecule has 0 spiro atoms. The van der Waals surface area contributed by atoms with Gasteiger partial charge < -0.3 is 65.1 Å². The molecule has 14 nitrogen and oxygen atoms in total. The van der Waals surface area contributed by atoms with Crippen LogP contribution in [0.1, 0.15) is 200 Å². The van der Waals surface area contributed by atoms with Gasteiger partial charge >= 0.3 is 0 Å². The van der Waals surface area contributed by atoms with Crippen LogP contribution in [0.2, 0.25) is 0 Å². The van der Waals surface area contributed by atoms with Crippen LogP contribution in [0, 0.1) is 0 Å². The molecule has 0 aromatic carbocycles. The minimum atomic E-state index is -1.79. The largest absolute Gasteiger partial charge is 0.394 e. The SMILES string of the molecule is CCCCCCCCC/C=C\CCCCCCCCCC(=O)NC(COC1OC(CO)C(OC2OC(CO)C(O)C(O)C2O)C(O)C1O)C(O)/C=C/CC/C=C/CCCCCCCCCCC. The van der Waals surface area contributed by atoms with E-state index in [0.717, 1.165) is 38.5 Å². The highest BCUT2D eigenvalue weighted by Gasteiger charge is 2.51. The number of aliphatic hydroxyl groups excluding tert-OH is 8. The first-order chi connectivity index (χ1) is 32.6. The maximum Gasteiger partial charge on any atom is 0.220 e. The summed E-state index contributed by atoms with van der Waals surface area (Å²) in [6, 6.07) is -0.931. The maximum atomic E-state index is 13.2. The third-order valence-corrected chi connectivity index (χ3v) is 13.0. The fourth-order valence-corrected chi connectivity index (χ4v) is 8.65. The summed E-state index contributed by atoms with van der Waals surface area (Å²) < 4.78 is 22.7. The Balaban J connectivity index is 1.84. The van der Waals surface area contributed by atoms with Crippen molar-refractivity contribution in [2.45, 2.75) is 274 Å². The summed E-state index contributed by atoms with van der Waals surface area (Å²) in [6.45, 7) is 2.76. The van der Waals surface area contributed by atoms with Gasteiger partial charge in [-0.3, -0.25) is 4.79 Å². The van der Waals surface area contributed by atoms with Gasteiger partial charge in [0.25, 0.3) is 0 Å². The smallest absolute Gasteiger partial charge is 0.220 e. The van der Waals surface area contributed by atoms with Crippen LogP contribution in [0.15, 0.2) is 36.5 Å². The minimum Gasteiger partial charge on any atom is -0.394 e. The highest BCUT2D eigenvalue weighted by molar-refractivity contribution is 5.76. The number of hydrogen-bond donors (Lipinski definition) is 9. The number of nitrogens with one attached hydrogen (secondary N) is 1. The first kappa shape index (κ1) is 61.3. The molecule has 12 atom stereocenters. The predicted octanol–water partition coefficient (Wildman–Crippen LogP) is 7.49. The molecule has 0 aromatic heterocycles.